The van der Waals surface area contributed by atoms with E-state index in [-0.39, 0.29) is 12.0 Å². The fourth-order valence-electron chi connectivity index (χ4n) is 2.52. The summed E-state index contributed by atoms with van der Waals surface area (Å²) < 4.78 is 0. The van der Waals surface area contributed by atoms with E-state index in [4.69, 9.17) is 0 Å². The van der Waals surface area contributed by atoms with Crippen molar-refractivity contribution < 1.29 is 5.11 Å². The smallest absolute Gasteiger partial charge is 0.0527 e. The summed E-state index contributed by atoms with van der Waals surface area (Å²) in [7, 11) is 0. The van der Waals surface area contributed by atoms with Crippen LogP contribution in [0.2, 0.25) is 0 Å². The Balaban J connectivity index is 2.10. The molecular formula is C13H15NO. The van der Waals surface area contributed by atoms with Crippen molar-refractivity contribution in [3.05, 3.63) is 36.0 Å². The second kappa shape index (κ2) is 3.11. The molecule has 1 aliphatic rings. The van der Waals surface area contributed by atoms with Crippen LogP contribution in [0.4, 0.5) is 0 Å². The Morgan fingerprint density at radius 2 is 2.13 bits per heavy atom. The molecule has 1 aromatic heterocycles. The molecule has 1 saturated carbocycles. The van der Waals surface area contributed by atoms with Gasteiger partial charge in [-0.2, -0.15) is 0 Å². The van der Waals surface area contributed by atoms with Gasteiger partial charge in [0.1, 0.15) is 0 Å². The lowest BCUT2D eigenvalue weighted by atomic mass is 9.65. The van der Waals surface area contributed by atoms with Crippen molar-refractivity contribution in [2.24, 2.45) is 0 Å². The van der Waals surface area contributed by atoms with E-state index in [0.29, 0.717) is 0 Å². The molecule has 3 rings (SSSR count). The van der Waals surface area contributed by atoms with Crippen molar-refractivity contribution in [2.45, 2.75) is 24.7 Å². The van der Waals surface area contributed by atoms with E-state index >= 15 is 0 Å². The van der Waals surface area contributed by atoms with Crippen molar-refractivity contribution >= 4 is 10.9 Å². The Bertz CT molecular complexity index is 476. The van der Waals surface area contributed by atoms with Gasteiger partial charge in [0.25, 0.3) is 0 Å². The van der Waals surface area contributed by atoms with Crippen molar-refractivity contribution in [1.82, 2.24) is 4.98 Å². The Kier molecular flexibility index (Phi) is 1.86. The topological polar surface area (TPSA) is 36.0 Å². The van der Waals surface area contributed by atoms with Gasteiger partial charge in [0.15, 0.2) is 0 Å². The van der Waals surface area contributed by atoms with Gasteiger partial charge in [-0.3, -0.25) is 0 Å². The second-order valence-electron chi connectivity index (χ2n) is 4.57. The van der Waals surface area contributed by atoms with Crippen LogP contribution in [0.15, 0.2) is 30.5 Å². The van der Waals surface area contributed by atoms with Gasteiger partial charge >= 0.3 is 0 Å². The van der Waals surface area contributed by atoms with Crippen molar-refractivity contribution in [1.29, 1.82) is 0 Å². The molecule has 0 saturated heterocycles. The Labute approximate surface area is 88.9 Å². The molecule has 2 heteroatoms. The first-order valence-corrected chi connectivity index (χ1v) is 5.53. The largest absolute Gasteiger partial charge is 0.395 e. The van der Waals surface area contributed by atoms with E-state index in [9.17, 15) is 5.11 Å². The van der Waals surface area contributed by atoms with Gasteiger partial charge in [-0.1, -0.05) is 18.6 Å². The summed E-state index contributed by atoms with van der Waals surface area (Å²) in [5.74, 6) is 0. The molecule has 1 aliphatic carbocycles. The quantitative estimate of drug-likeness (QED) is 0.769. The summed E-state index contributed by atoms with van der Waals surface area (Å²) in [4.78, 5) is 3.22. The Morgan fingerprint density at radius 3 is 2.80 bits per heavy atom. The lowest BCUT2D eigenvalue weighted by molar-refractivity contribution is 0.120. The van der Waals surface area contributed by atoms with Crippen LogP contribution in [-0.2, 0) is 5.41 Å². The monoisotopic (exact) mass is 201 g/mol. The molecule has 0 radical (unpaired) electrons. The highest BCUT2D eigenvalue weighted by Gasteiger charge is 2.37. The maximum Gasteiger partial charge on any atom is 0.0527 e. The Morgan fingerprint density at radius 1 is 1.27 bits per heavy atom. The maximum atomic E-state index is 9.50. The third-order valence-electron chi connectivity index (χ3n) is 3.78. The van der Waals surface area contributed by atoms with E-state index in [0.717, 1.165) is 12.8 Å². The van der Waals surface area contributed by atoms with E-state index in [2.05, 4.69) is 29.2 Å². The Hall–Kier alpha value is -1.28. The number of aliphatic hydroxyl groups is 1. The van der Waals surface area contributed by atoms with Crippen LogP contribution in [0.1, 0.15) is 24.8 Å². The zero-order valence-electron chi connectivity index (χ0n) is 8.66. The highest BCUT2D eigenvalue weighted by Crippen LogP contribution is 2.43. The van der Waals surface area contributed by atoms with Crippen LogP contribution in [0.5, 0.6) is 0 Å². The number of fused-ring (bicyclic) bond motifs is 1. The summed E-state index contributed by atoms with van der Waals surface area (Å²) in [6, 6.07) is 8.55. The molecular weight excluding hydrogens is 186 g/mol. The van der Waals surface area contributed by atoms with Gasteiger partial charge in [-0.25, -0.2) is 0 Å². The van der Waals surface area contributed by atoms with Gasteiger partial charge in [-0.15, -0.1) is 0 Å². The highest BCUT2D eigenvalue weighted by molar-refractivity contribution is 5.80. The molecule has 2 N–H and O–H groups in total. The highest BCUT2D eigenvalue weighted by atomic mass is 16.3. The second-order valence-corrected chi connectivity index (χ2v) is 4.57. The van der Waals surface area contributed by atoms with Crippen molar-refractivity contribution in [2.75, 3.05) is 6.61 Å². The molecule has 2 aromatic rings. The molecule has 1 heterocycles. The predicted molar refractivity (Wildman–Crippen MR) is 60.9 cm³/mol. The number of hydrogen-bond acceptors (Lipinski definition) is 1. The molecule has 0 bridgehead atoms. The maximum absolute atomic E-state index is 9.50. The molecule has 0 unspecified atom stereocenters. The molecule has 1 aromatic carbocycles. The minimum absolute atomic E-state index is 0.0549. The minimum atomic E-state index is 0.0549. The molecule has 0 aliphatic heterocycles. The summed E-state index contributed by atoms with van der Waals surface area (Å²) >= 11 is 0. The van der Waals surface area contributed by atoms with Crippen molar-refractivity contribution in [3.8, 4) is 0 Å². The fraction of sp³-hybridized carbons (Fsp3) is 0.385. The SMILES string of the molecule is OCC1(c2ccc3cc[nH]c3c2)CCC1. The first kappa shape index (κ1) is 8.98. The summed E-state index contributed by atoms with van der Waals surface area (Å²) in [5.41, 5.74) is 2.51. The van der Waals surface area contributed by atoms with Crippen molar-refractivity contribution in [3.63, 3.8) is 0 Å². The van der Waals surface area contributed by atoms with Crippen LogP contribution >= 0.6 is 0 Å². The third-order valence-corrected chi connectivity index (χ3v) is 3.78. The number of aromatic amines is 1. The third kappa shape index (κ3) is 1.21. The number of rotatable bonds is 2. The summed E-state index contributed by atoms with van der Waals surface area (Å²) in [6.07, 6.45) is 5.44. The average molecular weight is 201 g/mol. The van der Waals surface area contributed by atoms with Crippen LogP contribution in [0.3, 0.4) is 0 Å². The van der Waals surface area contributed by atoms with E-state index < -0.39 is 0 Å². The van der Waals surface area contributed by atoms with Gasteiger partial charge in [-0.05, 0) is 35.9 Å². The standard InChI is InChI=1S/C13H15NO/c15-9-13(5-1-6-13)11-3-2-10-4-7-14-12(10)8-11/h2-4,7-8,14-15H,1,5-6,9H2. The number of hydrogen-bond donors (Lipinski definition) is 2. The van der Waals surface area contributed by atoms with Crippen LogP contribution in [-0.4, -0.2) is 16.7 Å². The van der Waals surface area contributed by atoms with E-state index in [1.165, 1.54) is 22.9 Å². The fourth-order valence-corrected chi connectivity index (χ4v) is 2.52. The molecule has 78 valence electrons. The number of aromatic nitrogens is 1. The number of nitrogens with one attached hydrogen (secondary N) is 1. The van der Waals surface area contributed by atoms with Gasteiger partial charge in [0.05, 0.1) is 6.61 Å². The molecule has 0 spiro atoms. The number of aliphatic hydroxyl groups excluding tert-OH is 1. The minimum Gasteiger partial charge on any atom is -0.395 e. The normalized spacial score (nSPS) is 19.0. The van der Waals surface area contributed by atoms with E-state index in [1.54, 1.807) is 0 Å². The van der Waals surface area contributed by atoms with Gasteiger partial charge in [0, 0.05) is 17.1 Å². The molecule has 0 atom stereocenters. The number of H-pyrrole nitrogens is 1. The average Bonchev–Trinajstić information content (AvgIpc) is 2.64. The van der Waals surface area contributed by atoms with Crippen LogP contribution in [0, 0.1) is 0 Å². The zero-order valence-corrected chi connectivity index (χ0v) is 8.66. The first-order chi connectivity index (χ1) is 7.34. The molecule has 0 amide bonds. The summed E-state index contributed by atoms with van der Waals surface area (Å²) in [6.45, 7) is 0.277. The molecule has 2 nitrogen and oxygen atoms in total. The van der Waals surface area contributed by atoms with Gasteiger partial charge < -0.3 is 10.1 Å². The zero-order chi connectivity index (χ0) is 10.3. The predicted octanol–water partition coefficient (Wildman–Crippen LogP) is 2.58. The van der Waals surface area contributed by atoms with E-state index in [1.807, 2.05) is 6.20 Å². The first-order valence-electron chi connectivity index (χ1n) is 5.53. The van der Waals surface area contributed by atoms with Gasteiger partial charge in [0.2, 0.25) is 0 Å². The van der Waals surface area contributed by atoms with Crippen LogP contribution < -0.4 is 0 Å². The lowest BCUT2D eigenvalue weighted by Crippen LogP contribution is -2.37. The summed E-state index contributed by atoms with van der Waals surface area (Å²) in [5, 5.41) is 10.7. The van der Waals surface area contributed by atoms with Crippen LogP contribution in [0.25, 0.3) is 10.9 Å². The lowest BCUT2D eigenvalue weighted by Gasteiger charge is -2.40. The molecule has 1 fully saturated rings. The number of benzene rings is 1. The molecule has 15 heavy (non-hydrogen) atoms.